The molecule has 0 unspecified atom stereocenters. The maximum absolute atomic E-state index is 10.4. The summed E-state index contributed by atoms with van der Waals surface area (Å²) in [4.78, 5) is 20.9. The summed E-state index contributed by atoms with van der Waals surface area (Å²) in [5.74, 6) is -0.287. The Morgan fingerprint density at radius 1 is 1.27 bits per heavy atom. The number of carbonyl (C=O) groups is 2. The first-order chi connectivity index (χ1) is 5.13. The van der Waals surface area contributed by atoms with Crippen molar-refractivity contribution in [3.8, 4) is 0 Å². The lowest BCUT2D eigenvalue weighted by atomic mass is 10.4. The Kier molecular flexibility index (Phi) is 5.58. The van der Waals surface area contributed by atoms with Crippen molar-refractivity contribution in [3.05, 3.63) is 0 Å². The highest BCUT2D eigenvalue weighted by atomic mass is 79.9. The third-order valence-corrected chi connectivity index (χ3v) is 1.78. The molecule has 1 aliphatic heterocycles. The third-order valence-electron chi connectivity index (χ3n) is 0.991. The molecule has 11 heavy (non-hydrogen) atoms. The second-order valence-corrected chi connectivity index (χ2v) is 3.50. The van der Waals surface area contributed by atoms with Gasteiger partial charge in [-0.25, -0.2) is 3.93 Å². The number of amides is 2. The number of halogens is 1. The van der Waals surface area contributed by atoms with Gasteiger partial charge in [-0.2, -0.15) is 11.8 Å². The van der Waals surface area contributed by atoms with Crippen molar-refractivity contribution in [2.75, 3.05) is 12.5 Å². The van der Waals surface area contributed by atoms with E-state index in [1.54, 1.807) is 11.8 Å². The van der Waals surface area contributed by atoms with Crippen LogP contribution in [0.3, 0.4) is 0 Å². The molecule has 0 aliphatic carbocycles. The van der Waals surface area contributed by atoms with E-state index < -0.39 is 0 Å². The molecule has 1 saturated heterocycles. The first-order valence-corrected chi connectivity index (χ1v) is 5.39. The van der Waals surface area contributed by atoms with E-state index in [0.29, 0.717) is 12.8 Å². The normalized spacial score (nSPS) is 16.5. The van der Waals surface area contributed by atoms with Crippen LogP contribution in [-0.4, -0.2) is 28.3 Å². The largest absolute Gasteiger partial charge is 0.274 e. The van der Waals surface area contributed by atoms with Crippen LogP contribution in [0.5, 0.6) is 0 Å². The molecule has 0 aromatic rings. The smallest absolute Gasteiger partial charge is 0.239 e. The molecule has 0 spiro atoms. The lowest BCUT2D eigenvalue weighted by Crippen LogP contribution is -2.16. The van der Waals surface area contributed by atoms with E-state index in [1.165, 1.54) is 0 Å². The first-order valence-electron chi connectivity index (χ1n) is 3.05. The molecule has 5 heteroatoms. The molecule has 0 aromatic heterocycles. The molecule has 64 valence electrons. The topological polar surface area (TPSA) is 37.4 Å². The second kappa shape index (κ2) is 5.60. The summed E-state index contributed by atoms with van der Waals surface area (Å²) in [6, 6.07) is 0. The van der Waals surface area contributed by atoms with Crippen molar-refractivity contribution >= 4 is 39.7 Å². The van der Waals surface area contributed by atoms with Crippen molar-refractivity contribution in [2.45, 2.75) is 12.8 Å². The van der Waals surface area contributed by atoms with Gasteiger partial charge in [0, 0.05) is 12.8 Å². The highest BCUT2D eigenvalue weighted by Gasteiger charge is 2.26. The maximum Gasteiger partial charge on any atom is 0.239 e. The summed E-state index contributed by atoms with van der Waals surface area (Å²) in [6.07, 6.45) is 4.79. The Bertz CT molecular complexity index is 147. The highest BCUT2D eigenvalue weighted by molar-refractivity contribution is 9.08. The van der Waals surface area contributed by atoms with Gasteiger partial charge in [0.25, 0.3) is 0 Å². The van der Waals surface area contributed by atoms with E-state index in [4.69, 9.17) is 0 Å². The first kappa shape index (κ1) is 11.0. The predicted octanol–water partition coefficient (Wildman–Crippen LogP) is 1.42. The van der Waals surface area contributed by atoms with Crippen LogP contribution >= 0.6 is 27.9 Å². The Morgan fingerprint density at radius 2 is 1.55 bits per heavy atom. The van der Waals surface area contributed by atoms with Crippen LogP contribution in [0.2, 0.25) is 0 Å². The lowest BCUT2D eigenvalue weighted by Gasteiger charge is -1.97. The molecule has 0 saturated carbocycles. The number of hydrogen-bond acceptors (Lipinski definition) is 3. The summed E-state index contributed by atoms with van der Waals surface area (Å²) >= 11 is 4.55. The van der Waals surface area contributed by atoms with E-state index in [0.717, 1.165) is 3.93 Å². The predicted molar refractivity (Wildman–Crippen MR) is 49.5 cm³/mol. The van der Waals surface area contributed by atoms with Crippen LogP contribution in [-0.2, 0) is 9.59 Å². The van der Waals surface area contributed by atoms with E-state index in [-0.39, 0.29) is 11.8 Å². The van der Waals surface area contributed by atoms with Crippen LogP contribution in [0.15, 0.2) is 0 Å². The van der Waals surface area contributed by atoms with Crippen LogP contribution in [0.25, 0.3) is 0 Å². The SMILES string of the molecule is CSC.O=C1CCC(=O)N1Br. The van der Waals surface area contributed by atoms with Crippen molar-refractivity contribution in [3.63, 3.8) is 0 Å². The van der Waals surface area contributed by atoms with E-state index in [2.05, 4.69) is 16.1 Å². The van der Waals surface area contributed by atoms with Gasteiger partial charge in [-0.05, 0) is 12.5 Å². The van der Waals surface area contributed by atoms with Gasteiger partial charge in [0.15, 0.2) is 0 Å². The fourth-order valence-corrected chi connectivity index (χ4v) is 0.904. The molecule has 2 amide bonds. The van der Waals surface area contributed by atoms with Gasteiger partial charge in [-0.1, -0.05) is 0 Å². The highest BCUT2D eigenvalue weighted by Crippen LogP contribution is 2.14. The fourth-order valence-electron chi connectivity index (χ4n) is 0.549. The van der Waals surface area contributed by atoms with Crippen LogP contribution in [0.1, 0.15) is 12.8 Å². The zero-order valence-electron chi connectivity index (χ0n) is 6.46. The molecule has 0 N–H and O–H groups in total. The minimum absolute atomic E-state index is 0.144. The number of thioether (sulfide) groups is 1. The Morgan fingerprint density at radius 3 is 1.64 bits per heavy atom. The van der Waals surface area contributed by atoms with Crippen molar-refractivity contribution in [1.82, 2.24) is 3.93 Å². The van der Waals surface area contributed by atoms with Crippen LogP contribution < -0.4 is 0 Å². The number of hydrogen-bond donors (Lipinski definition) is 0. The Hall–Kier alpha value is -0.0300. The second-order valence-electron chi connectivity index (χ2n) is 1.98. The Balaban J connectivity index is 0.000000292. The monoisotopic (exact) mass is 239 g/mol. The number of imide groups is 1. The summed E-state index contributed by atoms with van der Waals surface area (Å²) in [5.41, 5.74) is 0. The minimum Gasteiger partial charge on any atom is -0.274 e. The standard InChI is InChI=1S/C4H4BrNO2.C2H6S/c5-6-3(7)1-2-4(6)8;1-3-2/h1-2H2;1-2H3. The fraction of sp³-hybridized carbons (Fsp3) is 0.667. The molecular weight excluding hydrogens is 230 g/mol. The summed E-state index contributed by atoms with van der Waals surface area (Å²) in [7, 11) is 0. The number of carbonyl (C=O) groups excluding carboxylic acids is 2. The van der Waals surface area contributed by atoms with Gasteiger partial charge in [-0.15, -0.1) is 0 Å². The summed E-state index contributed by atoms with van der Waals surface area (Å²) < 4.78 is 0.979. The van der Waals surface area contributed by atoms with Gasteiger partial charge in [0.2, 0.25) is 11.8 Å². The van der Waals surface area contributed by atoms with E-state index in [9.17, 15) is 9.59 Å². The van der Waals surface area contributed by atoms with Crippen LogP contribution in [0.4, 0.5) is 0 Å². The molecule has 0 atom stereocenters. The molecule has 1 rings (SSSR count). The molecule has 0 radical (unpaired) electrons. The average molecular weight is 240 g/mol. The van der Waals surface area contributed by atoms with Gasteiger partial charge in [0.05, 0.1) is 16.1 Å². The van der Waals surface area contributed by atoms with E-state index >= 15 is 0 Å². The third kappa shape index (κ3) is 3.76. The van der Waals surface area contributed by atoms with Crippen molar-refractivity contribution in [1.29, 1.82) is 0 Å². The number of rotatable bonds is 0. The van der Waals surface area contributed by atoms with Crippen LogP contribution in [0, 0.1) is 0 Å². The molecule has 0 bridgehead atoms. The molecular formula is C6H10BrNO2S. The molecule has 3 nitrogen and oxygen atoms in total. The van der Waals surface area contributed by atoms with Gasteiger partial charge in [-0.3, -0.25) is 9.59 Å². The minimum atomic E-state index is -0.144. The van der Waals surface area contributed by atoms with Crippen molar-refractivity contribution in [2.24, 2.45) is 0 Å². The quantitative estimate of drug-likeness (QED) is 0.474. The molecule has 0 aromatic carbocycles. The van der Waals surface area contributed by atoms with Gasteiger partial charge >= 0.3 is 0 Å². The summed E-state index contributed by atoms with van der Waals surface area (Å²) in [5, 5.41) is 0. The maximum atomic E-state index is 10.4. The van der Waals surface area contributed by atoms with Gasteiger partial charge in [0.1, 0.15) is 0 Å². The zero-order valence-corrected chi connectivity index (χ0v) is 8.87. The van der Waals surface area contributed by atoms with Gasteiger partial charge < -0.3 is 0 Å². The van der Waals surface area contributed by atoms with Crippen molar-refractivity contribution < 1.29 is 9.59 Å². The average Bonchev–Trinajstić information content (AvgIpc) is 2.22. The lowest BCUT2D eigenvalue weighted by molar-refractivity contribution is -0.131. The molecule has 1 aliphatic rings. The summed E-state index contributed by atoms with van der Waals surface area (Å²) in [6.45, 7) is 0. The number of nitrogens with zero attached hydrogens (tertiary/aromatic N) is 1. The molecule has 1 fully saturated rings. The zero-order chi connectivity index (χ0) is 8.85. The van der Waals surface area contributed by atoms with E-state index in [1.807, 2.05) is 12.5 Å². The Labute approximate surface area is 78.8 Å². The molecule has 1 heterocycles.